The largest absolute Gasteiger partial charge is 0.508 e. The highest BCUT2D eigenvalue weighted by Crippen LogP contribution is 2.25. The van der Waals surface area contributed by atoms with E-state index in [2.05, 4.69) is 11.9 Å². The summed E-state index contributed by atoms with van der Waals surface area (Å²) in [5.41, 5.74) is 2.77. The molecule has 0 aromatic heterocycles. The standard InChI is InChI=1S/C23H19NO4/c1-2-5-22(26)16-10-12-21(13-11-16)28-23(27)24-19-8-3-6-17(14-19)18-7-4-9-20(25)15-18/h2-4,6-15,25H,1,5H2,(H,24,27). The lowest BCUT2D eigenvalue weighted by Crippen LogP contribution is -2.16. The number of aromatic hydroxyl groups is 1. The SMILES string of the molecule is C=CCC(=O)c1ccc(OC(=O)Nc2cccc(-c3cccc(O)c3)c2)cc1. The molecule has 3 aromatic rings. The lowest BCUT2D eigenvalue weighted by Gasteiger charge is -2.09. The molecule has 5 nitrogen and oxygen atoms in total. The van der Waals surface area contributed by atoms with Crippen molar-refractivity contribution >= 4 is 17.6 Å². The van der Waals surface area contributed by atoms with Gasteiger partial charge in [0.25, 0.3) is 0 Å². The Morgan fingerprint density at radius 2 is 1.64 bits per heavy atom. The van der Waals surface area contributed by atoms with Crippen LogP contribution in [0, 0.1) is 0 Å². The zero-order valence-corrected chi connectivity index (χ0v) is 15.1. The van der Waals surface area contributed by atoms with Crippen LogP contribution in [0.4, 0.5) is 10.5 Å². The average molecular weight is 373 g/mol. The normalized spacial score (nSPS) is 10.1. The van der Waals surface area contributed by atoms with E-state index in [1.807, 2.05) is 12.1 Å². The van der Waals surface area contributed by atoms with Gasteiger partial charge in [-0.15, -0.1) is 6.58 Å². The molecule has 3 aromatic carbocycles. The van der Waals surface area contributed by atoms with Gasteiger partial charge in [0.15, 0.2) is 5.78 Å². The maximum atomic E-state index is 12.2. The Morgan fingerprint density at radius 1 is 0.964 bits per heavy atom. The molecule has 0 aliphatic carbocycles. The molecule has 5 heteroatoms. The van der Waals surface area contributed by atoms with E-state index in [0.29, 0.717) is 17.0 Å². The highest BCUT2D eigenvalue weighted by atomic mass is 16.6. The predicted octanol–water partition coefficient (Wildman–Crippen LogP) is 5.43. The van der Waals surface area contributed by atoms with Crippen LogP contribution >= 0.6 is 0 Å². The van der Waals surface area contributed by atoms with Gasteiger partial charge in [-0.3, -0.25) is 10.1 Å². The smallest absolute Gasteiger partial charge is 0.417 e. The number of rotatable bonds is 6. The molecule has 2 N–H and O–H groups in total. The fourth-order valence-corrected chi connectivity index (χ4v) is 2.67. The van der Waals surface area contributed by atoms with Crippen molar-refractivity contribution in [3.63, 3.8) is 0 Å². The fourth-order valence-electron chi connectivity index (χ4n) is 2.67. The lowest BCUT2D eigenvalue weighted by molar-refractivity contribution is 0.0996. The van der Waals surface area contributed by atoms with Gasteiger partial charge in [-0.2, -0.15) is 0 Å². The van der Waals surface area contributed by atoms with Crippen LogP contribution in [0.15, 0.2) is 85.5 Å². The number of nitrogens with one attached hydrogen (secondary N) is 1. The van der Waals surface area contributed by atoms with Gasteiger partial charge in [0.2, 0.25) is 0 Å². The zero-order chi connectivity index (χ0) is 19.9. The number of phenols is 1. The Kier molecular flexibility index (Phi) is 5.87. The van der Waals surface area contributed by atoms with E-state index in [1.54, 1.807) is 66.7 Å². The topological polar surface area (TPSA) is 75.6 Å². The number of anilines is 1. The van der Waals surface area contributed by atoms with Crippen molar-refractivity contribution in [1.82, 2.24) is 0 Å². The van der Waals surface area contributed by atoms with E-state index in [1.165, 1.54) is 0 Å². The minimum atomic E-state index is -0.641. The van der Waals surface area contributed by atoms with Gasteiger partial charge in [0.05, 0.1) is 0 Å². The molecule has 1 amide bonds. The molecule has 0 saturated carbocycles. The molecule has 0 spiro atoms. The number of hydrogen-bond donors (Lipinski definition) is 2. The number of hydrogen-bond acceptors (Lipinski definition) is 4. The molecule has 0 aliphatic heterocycles. The lowest BCUT2D eigenvalue weighted by atomic mass is 10.0. The second kappa shape index (κ2) is 8.68. The third-order valence-electron chi connectivity index (χ3n) is 4.01. The molecule has 0 aliphatic rings. The van der Waals surface area contributed by atoms with Crippen LogP contribution < -0.4 is 10.1 Å². The first-order valence-corrected chi connectivity index (χ1v) is 8.67. The molecular weight excluding hydrogens is 354 g/mol. The summed E-state index contributed by atoms with van der Waals surface area (Å²) >= 11 is 0. The Bertz CT molecular complexity index is 1010. The summed E-state index contributed by atoms with van der Waals surface area (Å²) in [6.07, 6.45) is 1.17. The minimum Gasteiger partial charge on any atom is -0.508 e. The quantitative estimate of drug-likeness (QED) is 0.446. The number of ether oxygens (including phenoxy) is 1. The number of ketones is 1. The third-order valence-corrected chi connectivity index (χ3v) is 4.01. The molecule has 0 heterocycles. The second-order valence-corrected chi connectivity index (χ2v) is 6.09. The van der Waals surface area contributed by atoms with Crippen molar-refractivity contribution in [1.29, 1.82) is 0 Å². The molecule has 28 heavy (non-hydrogen) atoms. The van der Waals surface area contributed by atoms with Crippen molar-refractivity contribution in [2.45, 2.75) is 6.42 Å². The molecule has 0 unspecified atom stereocenters. The third kappa shape index (κ3) is 4.86. The Morgan fingerprint density at radius 3 is 2.32 bits per heavy atom. The molecule has 0 saturated heterocycles. The van der Waals surface area contributed by atoms with Crippen LogP contribution in [0.3, 0.4) is 0 Å². The fraction of sp³-hybridized carbons (Fsp3) is 0.0435. The molecule has 140 valence electrons. The van der Waals surface area contributed by atoms with Crippen LogP contribution in [0.2, 0.25) is 0 Å². The van der Waals surface area contributed by atoms with E-state index in [-0.39, 0.29) is 18.0 Å². The van der Waals surface area contributed by atoms with Crippen LogP contribution in [0.1, 0.15) is 16.8 Å². The van der Waals surface area contributed by atoms with E-state index in [4.69, 9.17) is 4.74 Å². The zero-order valence-electron chi connectivity index (χ0n) is 15.1. The van der Waals surface area contributed by atoms with Gasteiger partial charge in [-0.25, -0.2) is 4.79 Å². The van der Waals surface area contributed by atoms with Crippen molar-refractivity contribution in [2.24, 2.45) is 0 Å². The number of amides is 1. The number of Topliss-reactive ketones (excluding diaryl/α,β-unsaturated/α-hetero) is 1. The summed E-state index contributed by atoms with van der Waals surface area (Å²) in [5, 5.41) is 12.3. The molecule has 0 atom stereocenters. The number of carbonyl (C=O) groups is 2. The summed E-state index contributed by atoms with van der Waals surface area (Å²) in [6, 6.07) is 20.4. The summed E-state index contributed by atoms with van der Waals surface area (Å²) in [5.74, 6) is 0.455. The number of carbonyl (C=O) groups excluding carboxylic acids is 2. The second-order valence-electron chi connectivity index (χ2n) is 6.09. The van der Waals surface area contributed by atoms with Crippen molar-refractivity contribution in [2.75, 3.05) is 5.32 Å². The summed E-state index contributed by atoms with van der Waals surface area (Å²) in [7, 11) is 0. The van der Waals surface area contributed by atoms with Crippen molar-refractivity contribution in [3.05, 3.63) is 91.0 Å². The van der Waals surface area contributed by atoms with Crippen molar-refractivity contribution in [3.8, 4) is 22.6 Å². The number of phenolic OH excluding ortho intramolecular Hbond substituents is 1. The Balaban J connectivity index is 1.66. The molecule has 0 bridgehead atoms. The highest BCUT2D eigenvalue weighted by molar-refractivity contribution is 5.97. The van der Waals surface area contributed by atoms with Gasteiger partial charge >= 0.3 is 6.09 Å². The average Bonchev–Trinajstić information content (AvgIpc) is 2.69. The minimum absolute atomic E-state index is 0.0465. The Hall–Kier alpha value is -3.86. The van der Waals surface area contributed by atoms with Crippen LogP contribution in [0.25, 0.3) is 11.1 Å². The number of allylic oxidation sites excluding steroid dienone is 1. The van der Waals surface area contributed by atoms with E-state index < -0.39 is 6.09 Å². The first-order valence-electron chi connectivity index (χ1n) is 8.67. The Labute approximate surface area is 162 Å². The molecule has 3 rings (SSSR count). The maximum Gasteiger partial charge on any atom is 0.417 e. The monoisotopic (exact) mass is 373 g/mol. The van der Waals surface area contributed by atoms with Gasteiger partial charge in [-0.1, -0.05) is 30.3 Å². The maximum absolute atomic E-state index is 12.2. The summed E-state index contributed by atoms with van der Waals surface area (Å²) in [4.78, 5) is 23.9. The first kappa shape index (κ1) is 18.9. The summed E-state index contributed by atoms with van der Waals surface area (Å²) < 4.78 is 5.26. The number of benzene rings is 3. The van der Waals surface area contributed by atoms with Crippen LogP contribution in [0.5, 0.6) is 11.5 Å². The van der Waals surface area contributed by atoms with Crippen LogP contribution in [-0.4, -0.2) is 17.0 Å². The van der Waals surface area contributed by atoms with Gasteiger partial charge in [0, 0.05) is 17.7 Å². The molecule has 0 fully saturated rings. The summed E-state index contributed by atoms with van der Waals surface area (Å²) in [6.45, 7) is 3.54. The van der Waals surface area contributed by atoms with Gasteiger partial charge in [0.1, 0.15) is 11.5 Å². The predicted molar refractivity (Wildman–Crippen MR) is 109 cm³/mol. The van der Waals surface area contributed by atoms with Gasteiger partial charge < -0.3 is 9.84 Å². The first-order chi connectivity index (χ1) is 13.5. The molecular formula is C23H19NO4. The van der Waals surface area contributed by atoms with Gasteiger partial charge in [-0.05, 0) is 59.7 Å². The van der Waals surface area contributed by atoms with E-state index in [9.17, 15) is 14.7 Å². The highest BCUT2D eigenvalue weighted by Gasteiger charge is 2.08. The van der Waals surface area contributed by atoms with E-state index in [0.717, 1.165) is 11.1 Å². The van der Waals surface area contributed by atoms with Crippen LogP contribution in [-0.2, 0) is 0 Å². The van der Waals surface area contributed by atoms with Crippen molar-refractivity contribution < 1.29 is 19.4 Å². The molecule has 0 radical (unpaired) electrons. The van der Waals surface area contributed by atoms with E-state index >= 15 is 0 Å².